The maximum atomic E-state index is 13.1. The molecule has 0 fully saturated rings. The second kappa shape index (κ2) is 6.13. The Kier molecular flexibility index (Phi) is 4.44. The molecule has 0 aliphatic carbocycles. The lowest BCUT2D eigenvalue weighted by Crippen LogP contribution is -2.32. The first kappa shape index (κ1) is 15.9. The van der Waals surface area contributed by atoms with Gasteiger partial charge in [0.25, 0.3) is 5.91 Å². The fraction of sp³-hybridized carbons (Fsp3) is 0.200. The van der Waals surface area contributed by atoms with Crippen LogP contribution in [0.3, 0.4) is 0 Å². The van der Waals surface area contributed by atoms with E-state index in [2.05, 4.69) is 4.98 Å². The van der Waals surface area contributed by atoms with Crippen molar-refractivity contribution in [3.63, 3.8) is 0 Å². The Balaban J connectivity index is 2.49. The van der Waals surface area contributed by atoms with Gasteiger partial charge in [-0.25, -0.2) is 4.39 Å². The van der Waals surface area contributed by atoms with Gasteiger partial charge in [-0.05, 0) is 37.3 Å². The Morgan fingerprint density at radius 2 is 1.82 bits per heavy atom. The van der Waals surface area contributed by atoms with Gasteiger partial charge in [0.15, 0.2) is 0 Å². The van der Waals surface area contributed by atoms with Gasteiger partial charge in [-0.3, -0.25) is 9.78 Å². The molecule has 0 saturated heterocycles. The number of anilines is 1. The molecule has 116 valence electrons. The highest BCUT2D eigenvalue weighted by Gasteiger charge is 2.36. The van der Waals surface area contributed by atoms with E-state index in [1.165, 1.54) is 29.4 Å². The van der Waals surface area contributed by atoms with Gasteiger partial charge in [0, 0.05) is 24.6 Å². The molecule has 7 heteroatoms. The summed E-state index contributed by atoms with van der Waals surface area (Å²) < 4.78 is 52.1. The predicted molar refractivity (Wildman–Crippen MR) is 73.0 cm³/mol. The van der Waals surface area contributed by atoms with Crippen LogP contribution in [0.2, 0.25) is 0 Å². The Labute approximate surface area is 124 Å². The molecule has 0 bridgehead atoms. The number of nitrogens with zero attached hydrogens (tertiary/aromatic N) is 2. The van der Waals surface area contributed by atoms with Crippen LogP contribution >= 0.6 is 0 Å². The van der Waals surface area contributed by atoms with Crippen LogP contribution in [0, 0.1) is 5.82 Å². The van der Waals surface area contributed by atoms with Crippen molar-refractivity contribution in [2.24, 2.45) is 0 Å². The van der Waals surface area contributed by atoms with Gasteiger partial charge < -0.3 is 4.90 Å². The van der Waals surface area contributed by atoms with E-state index in [9.17, 15) is 22.4 Å². The van der Waals surface area contributed by atoms with E-state index in [-0.39, 0.29) is 6.54 Å². The zero-order valence-electron chi connectivity index (χ0n) is 11.6. The lowest BCUT2D eigenvalue weighted by molar-refractivity contribution is -0.138. The van der Waals surface area contributed by atoms with Gasteiger partial charge in [-0.15, -0.1) is 0 Å². The van der Waals surface area contributed by atoms with Crippen LogP contribution in [0.15, 0.2) is 42.7 Å². The van der Waals surface area contributed by atoms with Crippen LogP contribution in [-0.2, 0) is 6.18 Å². The molecule has 0 unspecified atom stereocenters. The summed E-state index contributed by atoms with van der Waals surface area (Å²) >= 11 is 0. The van der Waals surface area contributed by atoms with E-state index in [0.717, 1.165) is 12.1 Å². The first-order valence-corrected chi connectivity index (χ1v) is 6.43. The fourth-order valence-corrected chi connectivity index (χ4v) is 2.05. The topological polar surface area (TPSA) is 33.2 Å². The normalized spacial score (nSPS) is 11.3. The van der Waals surface area contributed by atoms with Gasteiger partial charge >= 0.3 is 6.18 Å². The van der Waals surface area contributed by atoms with Gasteiger partial charge in [0.2, 0.25) is 0 Å². The molecule has 0 aliphatic heterocycles. The molecule has 0 radical (unpaired) electrons. The average Bonchev–Trinajstić information content (AvgIpc) is 2.48. The van der Waals surface area contributed by atoms with Crippen LogP contribution in [0.5, 0.6) is 0 Å². The fourth-order valence-electron chi connectivity index (χ4n) is 2.05. The standard InChI is InChI=1S/C15H12F4N2O/c1-2-21(11-5-7-20-8-6-11)14(22)12-4-3-10(16)9-13(12)15(17,18)19/h3-9H,2H2,1H3. The number of hydrogen-bond acceptors (Lipinski definition) is 2. The van der Waals surface area contributed by atoms with Crippen molar-refractivity contribution in [2.75, 3.05) is 11.4 Å². The molecular formula is C15H12F4N2O. The Morgan fingerprint density at radius 3 is 2.36 bits per heavy atom. The largest absolute Gasteiger partial charge is 0.417 e. The highest BCUT2D eigenvalue weighted by molar-refractivity contribution is 6.07. The summed E-state index contributed by atoms with van der Waals surface area (Å²) in [5, 5.41) is 0. The number of benzene rings is 1. The molecule has 1 heterocycles. The highest BCUT2D eigenvalue weighted by atomic mass is 19.4. The van der Waals surface area contributed by atoms with Crippen molar-refractivity contribution in [3.05, 3.63) is 59.7 Å². The summed E-state index contributed by atoms with van der Waals surface area (Å²) in [4.78, 5) is 17.4. The van der Waals surface area contributed by atoms with Crippen molar-refractivity contribution < 1.29 is 22.4 Å². The molecule has 0 atom stereocenters. The van der Waals surface area contributed by atoms with E-state index in [0.29, 0.717) is 11.8 Å². The van der Waals surface area contributed by atoms with E-state index in [1.54, 1.807) is 6.92 Å². The summed E-state index contributed by atoms with van der Waals surface area (Å²) in [6.45, 7) is 1.80. The summed E-state index contributed by atoms with van der Waals surface area (Å²) in [5.74, 6) is -1.89. The third kappa shape index (κ3) is 3.24. The molecule has 0 spiro atoms. The number of pyridine rings is 1. The lowest BCUT2D eigenvalue weighted by Gasteiger charge is -2.22. The summed E-state index contributed by atoms with van der Waals surface area (Å²) in [5.41, 5.74) is -1.46. The van der Waals surface area contributed by atoms with Gasteiger partial charge in [-0.2, -0.15) is 13.2 Å². The summed E-state index contributed by atoms with van der Waals surface area (Å²) in [6, 6.07) is 5.04. The lowest BCUT2D eigenvalue weighted by atomic mass is 10.1. The molecular weight excluding hydrogens is 300 g/mol. The van der Waals surface area contributed by atoms with Crippen molar-refractivity contribution in [2.45, 2.75) is 13.1 Å². The maximum absolute atomic E-state index is 13.1. The number of rotatable bonds is 3. The molecule has 0 N–H and O–H groups in total. The van der Waals surface area contributed by atoms with Crippen molar-refractivity contribution in [1.29, 1.82) is 0 Å². The Hall–Kier alpha value is -2.44. The Morgan fingerprint density at radius 1 is 1.18 bits per heavy atom. The molecule has 0 saturated carbocycles. The van der Waals surface area contributed by atoms with Crippen LogP contribution in [-0.4, -0.2) is 17.4 Å². The Bertz CT molecular complexity index is 671. The molecule has 1 amide bonds. The molecule has 0 aliphatic rings. The monoisotopic (exact) mass is 312 g/mol. The molecule has 1 aromatic heterocycles. The first-order valence-electron chi connectivity index (χ1n) is 6.43. The van der Waals surface area contributed by atoms with Gasteiger partial charge in [-0.1, -0.05) is 0 Å². The molecule has 2 rings (SSSR count). The second-order valence-corrected chi connectivity index (χ2v) is 4.44. The van der Waals surface area contributed by atoms with Crippen LogP contribution in [0.25, 0.3) is 0 Å². The van der Waals surface area contributed by atoms with Gasteiger partial charge in [0.05, 0.1) is 11.1 Å². The number of carbonyl (C=O) groups excluding carboxylic acids is 1. The van der Waals surface area contributed by atoms with E-state index < -0.39 is 29.0 Å². The maximum Gasteiger partial charge on any atom is 0.417 e. The highest BCUT2D eigenvalue weighted by Crippen LogP contribution is 2.33. The van der Waals surface area contributed by atoms with E-state index in [4.69, 9.17) is 0 Å². The second-order valence-electron chi connectivity index (χ2n) is 4.44. The molecule has 1 aromatic carbocycles. The number of carbonyl (C=O) groups is 1. The predicted octanol–water partition coefficient (Wildman–Crippen LogP) is 3.91. The minimum atomic E-state index is -4.81. The zero-order valence-corrected chi connectivity index (χ0v) is 11.6. The van der Waals surface area contributed by atoms with Crippen molar-refractivity contribution in [1.82, 2.24) is 4.98 Å². The number of hydrogen-bond donors (Lipinski definition) is 0. The molecule has 22 heavy (non-hydrogen) atoms. The molecule has 2 aromatic rings. The summed E-state index contributed by atoms with van der Waals surface area (Å²) in [6.07, 6.45) is -1.95. The smallest absolute Gasteiger partial charge is 0.309 e. The van der Waals surface area contributed by atoms with Crippen molar-refractivity contribution >= 4 is 11.6 Å². The minimum Gasteiger partial charge on any atom is -0.309 e. The average molecular weight is 312 g/mol. The third-order valence-electron chi connectivity index (χ3n) is 3.05. The van der Waals surface area contributed by atoms with Crippen LogP contribution < -0.4 is 4.90 Å². The van der Waals surface area contributed by atoms with Gasteiger partial charge in [0.1, 0.15) is 5.82 Å². The number of alkyl halides is 3. The SMILES string of the molecule is CCN(C(=O)c1ccc(F)cc1C(F)(F)F)c1ccncc1. The minimum absolute atomic E-state index is 0.164. The number of amides is 1. The van der Waals surface area contributed by atoms with E-state index in [1.807, 2.05) is 0 Å². The zero-order chi connectivity index (χ0) is 16.3. The van der Waals surface area contributed by atoms with E-state index >= 15 is 0 Å². The first-order chi connectivity index (χ1) is 10.3. The summed E-state index contributed by atoms with van der Waals surface area (Å²) in [7, 11) is 0. The van der Waals surface area contributed by atoms with Crippen LogP contribution in [0.4, 0.5) is 23.2 Å². The molecule has 3 nitrogen and oxygen atoms in total. The number of halogens is 4. The van der Waals surface area contributed by atoms with Crippen LogP contribution in [0.1, 0.15) is 22.8 Å². The third-order valence-corrected chi connectivity index (χ3v) is 3.05. The van der Waals surface area contributed by atoms with Crippen molar-refractivity contribution in [3.8, 4) is 0 Å². The number of aromatic nitrogens is 1. The quantitative estimate of drug-likeness (QED) is 0.805.